The van der Waals surface area contributed by atoms with Gasteiger partial charge in [0.05, 0.1) is 0 Å². The molecule has 1 aromatic carbocycles. The van der Waals surface area contributed by atoms with E-state index in [0.29, 0.717) is 29.4 Å². The summed E-state index contributed by atoms with van der Waals surface area (Å²) in [5.74, 6) is -0.621. The van der Waals surface area contributed by atoms with Crippen LogP contribution < -0.4 is 10.6 Å². The van der Waals surface area contributed by atoms with E-state index in [9.17, 15) is 19.2 Å². The van der Waals surface area contributed by atoms with E-state index in [1.165, 1.54) is 16.2 Å². The third-order valence-electron chi connectivity index (χ3n) is 4.91. The molecule has 2 N–H and O–H groups in total. The van der Waals surface area contributed by atoms with Crippen molar-refractivity contribution < 1.29 is 23.9 Å². The second-order valence-corrected chi connectivity index (χ2v) is 9.29. The molecule has 10 heteroatoms. The second kappa shape index (κ2) is 7.77. The van der Waals surface area contributed by atoms with Crippen LogP contribution in [-0.4, -0.2) is 45.3 Å². The minimum atomic E-state index is -0.648. The standard InChI is InChI=1S/C21H22N4O5S/c1-21(2,3)30-20(29)23-15-10-31-18(22-15)11-4-5-12-9-25(19(28)13(12)8-11)14-6-7-16(26)24-17(14)27/h4-5,8,10,14H,6-7,9H2,1-3H3,(H,23,29)(H,24,26,27). The van der Waals surface area contributed by atoms with Crippen molar-refractivity contribution in [3.05, 3.63) is 34.7 Å². The number of thiazole rings is 1. The lowest BCUT2D eigenvalue weighted by Gasteiger charge is -2.29. The molecule has 0 bridgehead atoms. The Morgan fingerprint density at radius 1 is 1.29 bits per heavy atom. The van der Waals surface area contributed by atoms with Gasteiger partial charge < -0.3 is 9.64 Å². The summed E-state index contributed by atoms with van der Waals surface area (Å²) in [7, 11) is 0. The molecule has 3 heterocycles. The molecule has 31 heavy (non-hydrogen) atoms. The monoisotopic (exact) mass is 442 g/mol. The normalized spacial score (nSPS) is 18.6. The molecule has 0 aliphatic carbocycles. The molecule has 1 saturated heterocycles. The summed E-state index contributed by atoms with van der Waals surface area (Å²) in [4.78, 5) is 54.4. The van der Waals surface area contributed by atoms with Crippen LogP contribution in [0.3, 0.4) is 0 Å². The Balaban J connectivity index is 1.50. The number of anilines is 1. The fraction of sp³-hybridized carbons (Fsp3) is 0.381. The number of hydrogen-bond donors (Lipinski definition) is 2. The van der Waals surface area contributed by atoms with E-state index in [2.05, 4.69) is 15.6 Å². The van der Waals surface area contributed by atoms with E-state index in [-0.39, 0.29) is 18.2 Å². The molecule has 1 fully saturated rings. The highest BCUT2D eigenvalue weighted by atomic mass is 32.1. The Bertz CT molecular complexity index is 1090. The van der Waals surface area contributed by atoms with Crippen LogP contribution in [0.1, 0.15) is 49.5 Å². The Morgan fingerprint density at radius 2 is 2.06 bits per heavy atom. The number of nitrogens with one attached hydrogen (secondary N) is 2. The van der Waals surface area contributed by atoms with Crippen LogP contribution in [-0.2, 0) is 20.9 Å². The zero-order chi connectivity index (χ0) is 22.3. The van der Waals surface area contributed by atoms with Gasteiger partial charge in [0.15, 0.2) is 0 Å². The van der Waals surface area contributed by atoms with Crippen molar-refractivity contribution in [3.63, 3.8) is 0 Å². The molecule has 1 aromatic heterocycles. The fourth-order valence-electron chi connectivity index (χ4n) is 3.56. The number of benzene rings is 1. The molecule has 0 saturated carbocycles. The number of piperidine rings is 1. The van der Waals surface area contributed by atoms with Gasteiger partial charge in [-0.05, 0) is 38.8 Å². The average Bonchev–Trinajstić information content (AvgIpc) is 3.25. The number of imide groups is 1. The lowest BCUT2D eigenvalue weighted by atomic mass is 10.0. The van der Waals surface area contributed by atoms with Gasteiger partial charge in [-0.3, -0.25) is 25.0 Å². The van der Waals surface area contributed by atoms with Gasteiger partial charge in [-0.1, -0.05) is 12.1 Å². The van der Waals surface area contributed by atoms with Crippen LogP contribution in [0.5, 0.6) is 0 Å². The highest BCUT2D eigenvalue weighted by Gasteiger charge is 2.39. The van der Waals surface area contributed by atoms with Gasteiger partial charge in [-0.15, -0.1) is 11.3 Å². The van der Waals surface area contributed by atoms with Crippen LogP contribution in [0.2, 0.25) is 0 Å². The summed E-state index contributed by atoms with van der Waals surface area (Å²) in [6.07, 6.45) is -0.0500. The van der Waals surface area contributed by atoms with Crippen molar-refractivity contribution in [2.75, 3.05) is 5.32 Å². The molecule has 2 aliphatic heterocycles. The SMILES string of the molecule is CC(C)(C)OC(=O)Nc1csc(-c2ccc3c(c2)C(=O)N(C2CCC(=O)NC2=O)C3)n1. The summed E-state index contributed by atoms with van der Waals surface area (Å²) >= 11 is 1.33. The molecular formula is C21H22N4O5S. The van der Waals surface area contributed by atoms with E-state index in [4.69, 9.17) is 4.74 Å². The first-order valence-electron chi connectivity index (χ1n) is 9.84. The Kier molecular flexibility index (Phi) is 5.26. The average molecular weight is 442 g/mol. The molecular weight excluding hydrogens is 420 g/mol. The molecule has 0 radical (unpaired) electrons. The number of hydrogen-bond acceptors (Lipinski definition) is 7. The molecule has 162 valence electrons. The summed E-state index contributed by atoms with van der Waals surface area (Å²) in [5, 5.41) is 7.24. The van der Waals surface area contributed by atoms with Crippen molar-refractivity contribution in [3.8, 4) is 10.6 Å². The lowest BCUT2D eigenvalue weighted by molar-refractivity contribution is -0.136. The Hall–Kier alpha value is -3.27. The van der Waals surface area contributed by atoms with E-state index < -0.39 is 23.6 Å². The summed E-state index contributed by atoms with van der Waals surface area (Å²) in [6.45, 7) is 5.65. The van der Waals surface area contributed by atoms with Crippen LogP contribution in [0.4, 0.5) is 10.6 Å². The number of ether oxygens (including phenoxy) is 1. The van der Waals surface area contributed by atoms with Gasteiger partial charge >= 0.3 is 6.09 Å². The van der Waals surface area contributed by atoms with Gasteiger partial charge in [0.25, 0.3) is 5.91 Å². The summed E-state index contributed by atoms with van der Waals surface area (Å²) < 4.78 is 5.23. The van der Waals surface area contributed by atoms with Gasteiger partial charge in [0.2, 0.25) is 11.8 Å². The highest BCUT2D eigenvalue weighted by molar-refractivity contribution is 7.13. The maximum Gasteiger partial charge on any atom is 0.413 e. The van der Waals surface area contributed by atoms with E-state index >= 15 is 0 Å². The first kappa shape index (κ1) is 21.0. The number of carbonyl (C=O) groups is 4. The number of carbonyl (C=O) groups excluding carboxylic acids is 4. The molecule has 2 aromatic rings. The van der Waals surface area contributed by atoms with Crippen LogP contribution in [0, 0.1) is 0 Å². The minimum absolute atomic E-state index is 0.217. The first-order chi connectivity index (χ1) is 14.6. The number of amides is 4. The number of rotatable bonds is 3. The predicted molar refractivity (Wildman–Crippen MR) is 113 cm³/mol. The zero-order valence-corrected chi connectivity index (χ0v) is 18.2. The molecule has 4 amide bonds. The Morgan fingerprint density at radius 3 is 2.77 bits per heavy atom. The van der Waals surface area contributed by atoms with Gasteiger partial charge in [0.1, 0.15) is 22.5 Å². The maximum absolute atomic E-state index is 13.0. The third-order valence-corrected chi connectivity index (χ3v) is 5.80. The molecule has 1 unspecified atom stereocenters. The van der Waals surface area contributed by atoms with Crippen LogP contribution >= 0.6 is 11.3 Å². The van der Waals surface area contributed by atoms with Crippen molar-refractivity contribution in [1.82, 2.24) is 15.2 Å². The van der Waals surface area contributed by atoms with Gasteiger partial charge in [-0.25, -0.2) is 9.78 Å². The predicted octanol–water partition coefficient (Wildman–Crippen LogP) is 2.92. The Labute approximate surface area is 182 Å². The minimum Gasteiger partial charge on any atom is -0.444 e. The summed E-state index contributed by atoms with van der Waals surface area (Å²) in [5.41, 5.74) is 1.46. The highest BCUT2D eigenvalue weighted by Crippen LogP contribution is 2.33. The fourth-order valence-corrected chi connectivity index (χ4v) is 4.31. The van der Waals surface area contributed by atoms with E-state index in [1.54, 1.807) is 32.2 Å². The van der Waals surface area contributed by atoms with E-state index in [1.807, 2.05) is 12.1 Å². The van der Waals surface area contributed by atoms with Crippen molar-refractivity contribution in [2.45, 2.75) is 51.8 Å². The van der Waals surface area contributed by atoms with E-state index in [0.717, 1.165) is 11.1 Å². The first-order valence-corrected chi connectivity index (χ1v) is 10.7. The number of fused-ring (bicyclic) bond motifs is 1. The summed E-state index contributed by atoms with van der Waals surface area (Å²) in [6, 6.07) is 4.80. The number of nitrogens with zero attached hydrogens (tertiary/aromatic N) is 2. The van der Waals surface area contributed by atoms with Gasteiger partial charge in [-0.2, -0.15) is 0 Å². The van der Waals surface area contributed by atoms with Gasteiger partial charge in [0, 0.05) is 29.5 Å². The molecule has 9 nitrogen and oxygen atoms in total. The maximum atomic E-state index is 13.0. The lowest BCUT2D eigenvalue weighted by Crippen LogP contribution is -2.52. The quantitative estimate of drug-likeness (QED) is 0.706. The smallest absolute Gasteiger partial charge is 0.413 e. The van der Waals surface area contributed by atoms with Crippen LogP contribution in [0.25, 0.3) is 10.6 Å². The van der Waals surface area contributed by atoms with Crippen molar-refractivity contribution >= 4 is 41.0 Å². The molecule has 0 spiro atoms. The number of aromatic nitrogens is 1. The van der Waals surface area contributed by atoms with Crippen molar-refractivity contribution in [2.24, 2.45) is 0 Å². The van der Waals surface area contributed by atoms with Crippen LogP contribution in [0.15, 0.2) is 23.6 Å². The zero-order valence-electron chi connectivity index (χ0n) is 17.4. The van der Waals surface area contributed by atoms with Crippen molar-refractivity contribution in [1.29, 1.82) is 0 Å². The second-order valence-electron chi connectivity index (χ2n) is 8.44. The largest absolute Gasteiger partial charge is 0.444 e. The third kappa shape index (κ3) is 4.43. The molecule has 2 aliphatic rings. The molecule has 1 atom stereocenters. The molecule has 4 rings (SSSR count). The topological polar surface area (TPSA) is 118 Å².